The molecule has 18 heavy (non-hydrogen) atoms. The van der Waals surface area contributed by atoms with E-state index in [2.05, 4.69) is 35.1 Å². The van der Waals surface area contributed by atoms with E-state index in [9.17, 15) is 4.79 Å². The Hall–Kier alpha value is -0.0500. The van der Waals surface area contributed by atoms with E-state index < -0.39 is 0 Å². The summed E-state index contributed by atoms with van der Waals surface area (Å²) in [4.78, 5) is 12.6. The molecule has 0 aromatic carbocycles. The maximum absolute atomic E-state index is 12.2. The highest BCUT2D eigenvalue weighted by Crippen LogP contribution is 2.48. The predicted octanol–water partition coefficient (Wildman–Crippen LogP) is 3.74. The van der Waals surface area contributed by atoms with Gasteiger partial charge in [0.05, 0.1) is 0 Å². The molecule has 0 aromatic rings. The van der Waals surface area contributed by atoms with Crippen molar-refractivity contribution >= 4 is 21.8 Å². The summed E-state index contributed by atoms with van der Waals surface area (Å²) in [6.45, 7) is 5.24. The molecule has 0 radical (unpaired) electrons. The number of halogens is 1. The van der Waals surface area contributed by atoms with E-state index in [1.54, 1.807) is 0 Å². The van der Waals surface area contributed by atoms with Crippen LogP contribution in [0, 0.1) is 23.7 Å². The summed E-state index contributed by atoms with van der Waals surface area (Å²) in [5.41, 5.74) is 0. The van der Waals surface area contributed by atoms with Gasteiger partial charge in [0.2, 0.25) is 5.91 Å². The first kappa shape index (κ1) is 14.4. The SMILES string of the molecule is CCC(CC)C(Br)CNC(=O)C1CC2CCC1C2. The van der Waals surface area contributed by atoms with Crippen molar-refractivity contribution < 1.29 is 4.79 Å². The molecular formula is C15H26BrNO. The van der Waals surface area contributed by atoms with Gasteiger partial charge in [0.25, 0.3) is 0 Å². The maximum Gasteiger partial charge on any atom is 0.223 e. The minimum Gasteiger partial charge on any atom is -0.355 e. The molecule has 1 N–H and O–H groups in total. The van der Waals surface area contributed by atoms with Crippen molar-refractivity contribution in [3.63, 3.8) is 0 Å². The summed E-state index contributed by atoms with van der Waals surface area (Å²) >= 11 is 3.73. The monoisotopic (exact) mass is 315 g/mol. The first-order valence-corrected chi connectivity index (χ1v) is 8.49. The van der Waals surface area contributed by atoms with Crippen LogP contribution in [0.15, 0.2) is 0 Å². The quantitative estimate of drug-likeness (QED) is 0.743. The summed E-state index contributed by atoms with van der Waals surface area (Å²) in [5, 5.41) is 3.17. The Labute approximate surface area is 119 Å². The molecule has 0 aliphatic heterocycles. The molecule has 4 unspecified atom stereocenters. The molecule has 4 atom stereocenters. The number of alkyl halides is 1. The molecule has 2 saturated carbocycles. The molecule has 2 bridgehead atoms. The zero-order valence-corrected chi connectivity index (χ0v) is 13.2. The molecule has 3 heteroatoms. The summed E-state index contributed by atoms with van der Waals surface area (Å²) in [6.07, 6.45) is 7.46. The van der Waals surface area contributed by atoms with Gasteiger partial charge >= 0.3 is 0 Å². The third-order valence-electron chi connectivity index (χ3n) is 5.11. The van der Waals surface area contributed by atoms with Gasteiger partial charge in [-0.1, -0.05) is 49.0 Å². The molecule has 104 valence electrons. The van der Waals surface area contributed by atoms with Crippen LogP contribution in [0.2, 0.25) is 0 Å². The van der Waals surface area contributed by atoms with E-state index >= 15 is 0 Å². The normalized spacial score (nSPS) is 31.9. The van der Waals surface area contributed by atoms with E-state index in [4.69, 9.17) is 0 Å². The number of carbonyl (C=O) groups excluding carboxylic acids is 1. The number of hydrogen-bond donors (Lipinski definition) is 1. The zero-order valence-electron chi connectivity index (χ0n) is 11.6. The van der Waals surface area contributed by atoms with Crippen LogP contribution in [0.5, 0.6) is 0 Å². The average Bonchev–Trinajstić information content (AvgIpc) is 2.99. The van der Waals surface area contributed by atoms with Crippen molar-refractivity contribution in [2.75, 3.05) is 6.54 Å². The van der Waals surface area contributed by atoms with Crippen LogP contribution in [-0.2, 0) is 4.79 Å². The Bertz CT molecular complexity index is 290. The molecule has 2 rings (SSSR count). The van der Waals surface area contributed by atoms with Crippen LogP contribution in [0.25, 0.3) is 0 Å². The summed E-state index contributed by atoms with van der Waals surface area (Å²) in [5.74, 6) is 2.86. The van der Waals surface area contributed by atoms with Gasteiger partial charge < -0.3 is 5.32 Å². The van der Waals surface area contributed by atoms with E-state index in [1.807, 2.05) is 0 Å². The van der Waals surface area contributed by atoms with Gasteiger partial charge in [-0.3, -0.25) is 4.79 Å². The van der Waals surface area contributed by atoms with Crippen molar-refractivity contribution in [3.05, 3.63) is 0 Å². The summed E-state index contributed by atoms with van der Waals surface area (Å²) in [7, 11) is 0. The predicted molar refractivity (Wildman–Crippen MR) is 78.7 cm³/mol. The highest BCUT2D eigenvalue weighted by atomic mass is 79.9. The minimum atomic E-state index is 0.317. The third kappa shape index (κ3) is 3.09. The molecule has 2 fully saturated rings. The second-order valence-corrected chi connectivity index (χ2v) is 7.30. The summed E-state index contributed by atoms with van der Waals surface area (Å²) in [6, 6.07) is 0. The average molecular weight is 316 g/mol. The van der Waals surface area contributed by atoms with Crippen LogP contribution in [-0.4, -0.2) is 17.3 Å². The third-order valence-corrected chi connectivity index (χ3v) is 6.18. The van der Waals surface area contributed by atoms with Crippen molar-refractivity contribution in [2.24, 2.45) is 23.7 Å². The van der Waals surface area contributed by atoms with Gasteiger partial charge in [-0.05, 0) is 37.0 Å². The minimum absolute atomic E-state index is 0.317. The maximum atomic E-state index is 12.2. The van der Waals surface area contributed by atoms with Gasteiger partial charge in [0.15, 0.2) is 0 Å². The van der Waals surface area contributed by atoms with Crippen molar-refractivity contribution in [2.45, 2.75) is 57.2 Å². The van der Waals surface area contributed by atoms with Crippen LogP contribution < -0.4 is 5.32 Å². The zero-order chi connectivity index (χ0) is 13.1. The highest BCUT2D eigenvalue weighted by molar-refractivity contribution is 9.09. The number of fused-ring (bicyclic) bond motifs is 2. The lowest BCUT2D eigenvalue weighted by molar-refractivity contribution is -0.126. The smallest absolute Gasteiger partial charge is 0.223 e. The fourth-order valence-corrected chi connectivity index (χ4v) is 4.77. The molecule has 0 saturated heterocycles. The van der Waals surface area contributed by atoms with Gasteiger partial charge in [-0.25, -0.2) is 0 Å². The lowest BCUT2D eigenvalue weighted by Crippen LogP contribution is -2.38. The van der Waals surface area contributed by atoms with Crippen molar-refractivity contribution in [1.29, 1.82) is 0 Å². The van der Waals surface area contributed by atoms with Crippen LogP contribution in [0.4, 0.5) is 0 Å². The Balaban J connectivity index is 1.75. The molecule has 2 aliphatic rings. The summed E-state index contributed by atoms with van der Waals surface area (Å²) < 4.78 is 0. The van der Waals surface area contributed by atoms with E-state index in [1.165, 1.54) is 32.1 Å². The number of nitrogens with one attached hydrogen (secondary N) is 1. The molecule has 0 spiro atoms. The van der Waals surface area contributed by atoms with Crippen LogP contribution >= 0.6 is 15.9 Å². The van der Waals surface area contributed by atoms with Crippen LogP contribution in [0.1, 0.15) is 52.4 Å². The Morgan fingerprint density at radius 2 is 2.00 bits per heavy atom. The van der Waals surface area contributed by atoms with Gasteiger partial charge in [0, 0.05) is 17.3 Å². The van der Waals surface area contributed by atoms with E-state index in [0.29, 0.717) is 28.5 Å². The first-order chi connectivity index (χ1) is 8.65. The van der Waals surface area contributed by atoms with E-state index in [-0.39, 0.29) is 0 Å². The first-order valence-electron chi connectivity index (χ1n) is 7.57. The second kappa shape index (κ2) is 6.40. The Kier molecular flexibility index (Phi) is 5.11. The Morgan fingerprint density at radius 3 is 2.50 bits per heavy atom. The number of hydrogen-bond acceptors (Lipinski definition) is 1. The standard InChI is InChI=1S/C15H26BrNO/c1-3-11(4-2)14(16)9-17-15(18)13-8-10-5-6-12(13)7-10/h10-14H,3-9H2,1-2H3,(H,17,18). The fourth-order valence-electron chi connectivity index (χ4n) is 3.86. The molecule has 2 aliphatic carbocycles. The van der Waals surface area contributed by atoms with Crippen LogP contribution in [0.3, 0.4) is 0 Å². The lowest BCUT2D eigenvalue weighted by atomic mass is 9.88. The Morgan fingerprint density at radius 1 is 1.28 bits per heavy atom. The van der Waals surface area contributed by atoms with E-state index in [0.717, 1.165) is 18.9 Å². The highest BCUT2D eigenvalue weighted by Gasteiger charge is 2.42. The van der Waals surface area contributed by atoms with Crippen molar-refractivity contribution in [3.8, 4) is 0 Å². The van der Waals surface area contributed by atoms with Gasteiger partial charge in [-0.15, -0.1) is 0 Å². The molecule has 0 heterocycles. The number of rotatable bonds is 6. The fraction of sp³-hybridized carbons (Fsp3) is 0.933. The molecule has 1 amide bonds. The molecule has 0 aromatic heterocycles. The number of amides is 1. The number of carbonyl (C=O) groups is 1. The van der Waals surface area contributed by atoms with Gasteiger partial charge in [0.1, 0.15) is 0 Å². The topological polar surface area (TPSA) is 29.1 Å². The molecule has 2 nitrogen and oxygen atoms in total. The molecular weight excluding hydrogens is 290 g/mol. The second-order valence-electron chi connectivity index (χ2n) is 6.12. The lowest BCUT2D eigenvalue weighted by Gasteiger charge is -2.24. The van der Waals surface area contributed by atoms with Crippen molar-refractivity contribution in [1.82, 2.24) is 5.32 Å². The largest absolute Gasteiger partial charge is 0.355 e. The van der Waals surface area contributed by atoms with Gasteiger partial charge in [-0.2, -0.15) is 0 Å².